The van der Waals surface area contributed by atoms with Gasteiger partial charge in [-0.15, -0.1) is 0 Å². The molecule has 0 aliphatic carbocycles. The van der Waals surface area contributed by atoms with Gasteiger partial charge in [-0.05, 0) is 26.1 Å². The van der Waals surface area contributed by atoms with Gasteiger partial charge in [-0.3, -0.25) is 15.0 Å². The van der Waals surface area contributed by atoms with E-state index in [-0.39, 0.29) is 11.9 Å². The molecule has 6 nitrogen and oxygen atoms in total. The Kier molecular flexibility index (Phi) is 5.09. The Bertz CT molecular complexity index is 860. The number of carbonyl (C=O) groups excluding carboxylic acids is 1. The predicted octanol–water partition coefficient (Wildman–Crippen LogP) is 3.24. The van der Waals surface area contributed by atoms with Crippen LogP contribution >= 0.6 is 0 Å². The van der Waals surface area contributed by atoms with Gasteiger partial charge in [0, 0.05) is 36.3 Å². The third-order valence-corrected chi connectivity index (χ3v) is 4.35. The molecule has 1 unspecified atom stereocenters. The van der Waals surface area contributed by atoms with Crippen LogP contribution in [0, 0.1) is 0 Å². The van der Waals surface area contributed by atoms with E-state index >= 15 is 0 Å². The van der Waals surface area contributed by atoms with E-state index in [4.69, 9.17) is 4.42 Å². The van der Waals surface area contributed by atoms with Crippen LogP contribution in [0.4, 0.5) is 5.95 Å². The smallest absolute Gasteiger partial charge is 0.243 e. The molecule has 25 heavy (non-hydrogen) atoms. The van der Waals surface area contributed by atoms with Crippen molar-refractivity contribution in [1.29, 1.82) is 0 Å². The molecule has 0 saturated carbocycles. The van der Waals surface area contributed by atoms with Crippen LogP contribution in [-0.4, -0.2) is 33.9 Å². The van der Waals surface area contributed by atoms with Gasteiger partial charge in [0.05, 0.1) is 6.04 Å². The molecule has 0 fully saturated rings. The van der Waals surface area contributed by atoms with Crippen molar-refractivity contribution < 1.29 is 9.21 Å². The first-order valence-corrected chi connectivity index (χ1v) is 8.37. The second-order valence-corrected chi connectivity index (χ2v) is 6.01. The molecule has 3 aromatic rings. The molecule has 130 valence electrons. The maximum absolute atomic E-state index is 12.4. The first-order valence-electron chi connectivity index (χ1n) is 8.37. The number of carbonyl (C=O) groups is 1. The lowest BCUT2D eigenvalue weighted by Gasteiger charge is -2.23. The van der Waals surface area contributed by atoms with Crippen LogP contribution in [0.3, 0.4) is 0 Å². The molecule has 2 aromatic heterocycles. The maximum atomic E-state index is 12.4. The van der Waals surface area contributed by atoms with Crippen LogP contribution in [0.5, 0.6) is 0 Å². The van der Waals surface area contributed by atoms with Crippen LogP contribution in [0.2, 0.25) is 0 Å². The first kappa shape index (κ1) is 17.1. The highest BCUT2D eigenvalue weighted by Gasteiger charge is 2.22. The molecule has 0 saturated heterocycles. The van der Waals surface area contributed by atoms with Crippen molar-refractivity contribution in [1.82, 2.24) is 14.9 Å². The summed E-state index contributed by atoms with van der Waals surface area (Å²) in [6, 6.07) is 9.38. The summed E-state index contributed by atoms with van der Waals surface area (Å²) in [4.78, 5) is 22.5. The van der Waals surface area contributed by atoms with Gasteiger partial charge in [0.25, 0.3) is 0 Å². The topological polar surface area (TPSA) is 71.3 Å². The van der Waals surface area contributed by atoms with Gasteiger partial charge in [0.15, 0.2) is 0 Å². The van der Waals surface area contributed by atoms with Crippen LogP contribution in [0.1, 0.15) is 25.2 Å². The number of aromatic nitrogens is 2. The summed E-state index contributed by atoms with van der Waals surface area (Å²) in [5, 5.41) is 3.84. The predicted molar refractivity (Wildman–Crippen MR) is 97.2 cm³/mol. The van der Waals surface area contributed by atoms with Gasteiger partial charge in [-0.25, -0.2) is 9.97 Å². The second-order valence-electron chi connectivity index (χ2n) is 6.01. The third-order valence-electron chi connectivity index (χ3n) is 4.35. The lowest BCUT2D eigenvalue weighted by Crippen LogP contribution is -2.39. The van der Waals surface area contributed by atoms with E-state index in [0.717, 1.165) is 28.7 Å². The van der Waals surface area contributed by atoms with Crippen LogP contribution in [0.15, 0.2) is 47.1 Å². The molecule has 1 N–H and O–H groups in total. The van der Waals surface area contributed by atoms with Crippen molar-refractivity contribution in [3.8, 4) is 0 Å². The van der Waals surface area contributed by atoms with Crippen molar-refractivity contribution >= 4 is 22.8 Å². The minimum Gasteiger partial charge on any atom is -0.461 e. The minimum absolute atomic E-state index is 0.139. The highest BCUT2D eigenvalue weighted by molar-refractivity contribution is 5.93. The summed E-state index contributed by atoms with van der Waals surface area (Å²) < 4.78 is 5.94. The Morgan fingerprint density at radius 3 is 2.68 bits per heavy atom. The van der Waals surface area contributed by atoms with Gasteiger partial charge in [0.1, 0.15) is 11.3 Å². The SMILES string of the molecule is CCc1oc2ccccc2c1CN(C)C(C)C(=O)Nc1ncccn1. The fourth-order valence-corrected chi connectivity index (χ4v) is 2.77. The summed E-state index contributed by atoms with van der Waals surface area (Å²) >= 11 is 0. The number of hydrogen-bond donors (Lipinski definition) is 1. The summed E-state index contributed by atoms with van der Waals surface area (Å²) in [5.74, 6) is 1.14. The molecular formula is C19H22N4O2. The second kappa shape index (κ2) is 7.44. The molecule has 0 aliphatic heterocycles. The van der Waals surface area contributed by atoms with E-state index in [1.165, 1.54) is 0 Å². The third kappa shape index (κ3) is 3.69. The van der Waals surface area contributed by atoms with Crippen molar-refractivity contribution in [3.63, 3.8) is 0 Å². The fourth-order valence-electron chi connectivity index (χ4n) is 2.77. The van der Waals surface area contributed by atoms with Crippen molar-refractivity contribution in [2.75, 3.05) is 12.4 Å². The zero-order valence-electron chi connectivity index (χ0n) is 14.7. The van der Waals surface area contributed by atoms with Gasteiger partial charge in [0.2, 0.25) is 11.9 Å². The van der Waals surface area contributed by atoms with Gasteiger partial charge in [-0.2, -0.15) is 0 Å². The molecule has 2 heterocycles. The van der Waals surface area contributed by atoms with Crippen molar-refractivity contribution in [3.05, 3.63) is 54.0 Å². The highest BCUT2D eigenvalue weighted by atomic mass is 16.3. The zero-order chi connectivity index (χ0) is 17.8. The summed E-state index contributed by atoms with van der Waals surface area (Å²) in [6.45, 7) is 4.57. The summed E-state index contributed by atoms with van der Waals surface area (Å²) in [7, 11) is 1.93. The van der Waals surface area contributed by atoms with E-state index in [2.05, 4.69) is 28.3 Å². The quantitative estimate of drug-likeness (QED) is 0.747. The molecule has 0 aliphatic rings. The van der Waals surface area contributed by atoms with Gasteiger partial charge < -0.3 is 4.42 Å². The standard InChI is InChI=1S/C19H22N4O2/c1-4-16-15(14-8-5-6-9-17(14)25-16)12-23(3)13(2)18(24)22-19-20-10-7-11-21-19/h5-11,13H,4,12H2,1-3H3,(H,20,21,22,24). The molecule has 0 spiro atoms. The Morgan fingerprint density at radius 2 is 1.96 bits per heavy atom. The largest absolute Gasteiger partial charge is 0.461 e. The number of para-hydroxylation sites is 1. The normalized spacial score (nSPS) is 12.5. The Morgan fingerprint density at radius 1 is 1.24 bits per heavy atom. The van der Waals surface area contributed by atoms with E-state index in [1.54, 1.807) is 18.5 Å². The number of nitrogens with zero attached hydrogens (tertiary/aromatic N) is 3. The average Bonchev–Trinajstić information content (AvgIpc) is 2.99. The first-order chi connectivity index (χ1) is 12.1. The molecule has 1 amide bonds. The van der Waals surface area contributed by atoms with Gasteiger partial charge >= 0.3 is 0 Å². The number of fused-ring (bicyclic) bond motifs is 1. The number of benzene rings is 1. The minimum atomic E-state index is -0.331. The van der Waals surface area contributed by atoms with Crippen molar-refractivity contribution in [2.24, 2.45) is 0 Å². The lowest BCUT2D eigenvalue weighted by molar-refractivity contribution is -0.120. The maximum Gasteiger partial charge on any atom is 0.243 e. The Hall–Kier alpha value is -2.73. The summed E-state index contributed by atoms with van der Waals surface area (Å²) in [6.07, 6.45) is 4.01. The van der Waals surface area contributed by atoms with Crippen molar-refractivity contribution in [2.45, 2.75) is 32.9 Å². The van der Waals surface area contributed by atoms with Gasteiger partial charge in [-0.1, -0.05) is 25.1 Å². The lowest BCUT2D eigenvalue weighted by atomic mass is 10.1. The van der Waals surface area contributed by atoms with Crippen LogP contribution in [-0.2, 0) is 17.8 Å². The number of aryl methyl sites for hydroxylation is 1. The fraction of sp³-hybridized carbons (Fsp3) is 0.316. The number of nitrogens with one attached hydrogen (secondary N) is 1. The molecular weight excluding hydrogens is 316 g/mol. The zero-order valence-corrected chi connectivity index (χ0v) is 14.7. The Balaban J connectivity index is 1.75. The molecule has 6 heteroatoms. The van der Waals surface area contributed by atoms with E-state index in [1.807, 2.05) is 37.1 Å². The molecule has 1 atom stereocenters. The van der Waals surface area contributed by atoms with Crippen LogP contribution < -0.4 is 5.32 Å². The monoisotopic (exact) mass is 338 g/mol. The molecule has 1 aromatic carbocycles. The number of hydrogen-bond acceptors (Lipinski definition) is 5. The average molecular weight is 338 g/mol. The summed E-state index contributed by atoms with van der Waals surface area (Å²) in [5.41, 5.74) is 2.02. The van der Waals surface area contributed by atoms with Crippen LogP contribution in [0.25, 0.3) is 11.0 Å². The number of likely N-dealkylation sites (N-methyl/N-ethyl adjacent to an activating group) is 1. The number of amides is 1. The molecule has 3 rings (SSSR count). The number of furan rings is 1. The Labute approximate surface area is 146 Å². The number of anilines is 1. The van der Waals surface area contributed by atoms with E-state index < -0.39 is 0 Å². The van der Waals surface area contributed by atoms with E-state index in [0.29, 0.717) is 12.5 Å². The highest BCUT2D eigenvalue weighted by Crippen LogP contribution is 2.27. The number of rotatable bonds is 6. The van der Waals surface area contributed by atoms with E-state index in [9.17, 15) is 4.79 Å². The molecule has 0 bridgehead atoms. The molecule has 0 radical (unpaired) electrons.